The molecule has 0 atom stereocenters. The highest BCUT2D eigenvalue weighted by molar-refractivity contribution is 7.71. The van der Waals surface area contributed by atoms with Crippen molar-refractivity contribution in [2.24, 2.45) is 0 Å². The number of thiazole rings is 1. The number of rotatable bonds is 2. The first-order valence-corrected chi connectivity index (χ1v) is 8.49. The van der Waals surface area contributed by atoms with Crippen molar-refractivity contribution in [2.75, 3.05) is 0 Å². The molecule has 0 fully saturated rings. The van der Waals surface area contributed by atoms with Crippen LogP contribution in [0.5, 0.6) is 0 Å². The molecule has 102 valence electrons. The average molecular weight is 321 g/mol. The van der Waals surface area contributed by atoms with Crippen molar-refractivity contribution < 1.29 is 0 Å². The van der Waals surface area contributed by atoms with Gasteiger partial charge < -0.3 is 4.98 Å². The molecule has 3 aromatic rings. The molecule has 1 N–H and O–H groups in total. The zero-order valence-electron chi connectivity index (χ0n) is 10.5. The minimum Gasteiger partial charge on any atom is -0.323 e. The summed E-state index contributed by atoms with van der Waals surface area (Å²) in [7, 11) is 0. The Morgan fingerprint density at radius 1 is 1.45 bits per heavy atom. The summed E-state index contributed by atoms with van der Waals surface area (Å²) in [6, 6.07) is 0. The van der Waals surface area contributed by atoms with Crippen LogP contribution in [0, 0.1) is 4.77 Å². The molecule has 3 aromatic heterocycles. The van der Waals surface area contributed by atoms with Gasteiger partial charge in [0.05, 0.1) is 17.4 Å². The van der Waals surface area contributed by atoms with Gasteiger partial charge in [-0.3, -0.25) is 14.3 Å². The number of nitrogens with zero attached hydrogens (tertiary/aromatic N) is 2. The average Bonchev–Trinajstić information content (AvgIpc) is 3.09. The van der Waals surface area contributed by atoms with E-state index in [2.05, 4.69) is 9.97 Å². The second kappa shape index (κ2) is 4.61. The summed E-state index contributed by atoms with van der Waals surface area (Å²) < 4.78 is 2.15. The smallest absolute Gasteiger partial charge is 0.263 e. The van der Waals surface area contributed by atoms with Crippen molar-refractivity contribution >= 4 is 45.1 Å². The molecule has 1 aliphatic carbocycles. The third kappa shape index (κ3) is 1.81. The van der Waals surface area contributed by atoms with E-state index in [-0.39, 0.29) is 5.56 Å². The summed E-state index contributed by atoms with van der Waals surface area (Å²) in [5.41, 5.74) is 3.05. The van der Waals surface area contributed by atoms with Crippen LogP contribution in [0.25, 0.3) is 10.2 Å². The first-order chi connectivity index (χ1) is 9.74. The number of nitrogens with one attached hydrogen (secondary N) is 1. The predicted octanol–water partition coefficient (Wildman–Crippen LogP) is 3.11. The first-order valence-electron chi connectivity index (χ1n) is 6.39. The topological polar surface area (TPSA) is 50.7 Å². The van der Waals surface area contributed by atoms with E-state index < -0.39 is 0 Å². The van der Waals surface area contributed by atoms with Crippen LogP contribution in [-0.2, 0) is 19.4 Å². The van der Waals surface area contributed by atoms with Gasteiger partial charge in [0.1, 0.15) is 4.83 Å². The van der Waals surface area contributed by atoms with Gasteiger partial charge in [0.15, 0.2) is 4.77 Å². The lowest BCUT2D eigenvalue weighted by molar-refractivity contribution is 0.742. The Labute approximate surface area is 127 Å². The quantitative estimate of drug-likeness (QED) is 0.738. The molecule has 1 aliphatic rings. The van der Waals surface area contributed by atoms with Crippen LogP contribution in [0.4, 0.5) is 0 Å². The Morgan fingerprint density at radius 3 is 3.15 bits per heavy atom. The fourth-order valence-corrected chi connectivity index (χ4v) is 4.91. The number of hydrogen-bond donors (Lipinski definition) is 1. The second-order valence-corrected chi connectivity index (χ2v) is 7.31. The van der Waals surface area contributed by atoms with Crippen LogP contribution in [0.15, 0.2) is 16.5 Å². The number of aromatic amines is 1. The van der Waals surface area contributed by atoms with Crippen LogP contribution in [0.3, 0.4) is 0 Å². The number of aromatic nitrogens is 3. The molecule has 0 unspecified atom stereocenters. The highest BCUT2D eigenvalue weighted by atomic mass is 32.1. The summed E-state index contributed by atoms with van der Waals surface area (Å²) in [6.45, 7) is 0.499. The third-order valence-corrected chi connectivity index (χ3v) is 5.94. The maximum absolute atomic E-state index is 12.8. The van der Waals surface area contributed by atoms with E-state index in [9.17, 15) is 4.79 Å². The highest BCUT2D eigenvalue weighted by Crippen LogP contribution is 2.34. The van der Waals surface area contributed by atoms with Crippen LogP contribution < -0.4 is 5.56 Å². The van der Waals surface area contributed by atoms with Crippen LogP contribution >= 0.6 is 34.9 Å². The Morgan fingerprint density at radius 2 is 2.35 bits per heavy atom. The number of fused-ring (bicyclic) bond motifs is 3. The Hall–Kier alpha value is -1.31. The molecule has 4 rings (SSSR count). The monoisotopic (exact) mass is 321 g/mol. The maximum Gasteiger partial charge on any atom is 0.263 e. The van der Waals surface area contributed by atoms with Crippen molar-refractivity contribution in [2.45, 2.75) is 25.8 Å². The predicted molar refractivity (Wildman–Crippen MR) is 84.5 cm³/mol. The number of aryl methyl sites for hydroxylation is 2. The van der Waals surface area contributed by atoms with Crippen molar-refractivity contribution in [1.29, 1.82) is 0 Å². The van der Waals surface area contributed by atoms with Crippen molar-refractivity contribution in [1.82, 2.24) is 14.5 Å². The summed E-state index contributed by atoms with van der Waals surface area (Å²) >= 11 is 8.57. The summed E-state index contributed by atoms with van der Waals surface area (Å²) in [4.78, 5) is 23.4. The SMILES string of the molecule is O=c1c2c3c(sc2[nH]c(=S)n1Cc1cncs1)CCC3. The van der Waals surface area contributed by atoms with Gasteiger partial charge in [0.25, 0.3) is 5.56 Å². The Balaban J connectivity index is 1.97. The molecule has 20 heavy (non-hydrogen) atoms. The summed E-state index contributed by atoms with van der Waals surface area (Å²) in [5, 5.41) is 0.848. The second-order valence-electron chi connectivity index (χ2n) is 4.85. The molecular weight excluding hydrogens is 310 g/mol. The molecular formula is C13H11N3OS3. The number of thiophene rings is 1. The molecule has 0 aliphatic heterocycles. The molecule has 0 amide bonds. The molecule has 0 saturated heterocycles. The molecule has 3 heterocycles. The molecule has 0 radical (unpaired) electrons. The lowest BCUT2D eigenvalue weighted by Crippen LogP contribution is -2.22. The van der Waals surface area contributed by atoms with Gasteiger partial charge in [-0.1, -0.05) is 0 Å². The maximum atomic E-state index is 12.8. The highest BCUT2D eigenvalue weighted by Gasteiger charge is 2.21. The molecule has 0 spiro atoms. The lowest BCUT2D eigenvalue weighted by atomic mass is 10.2. The van der Waals surface area contributed by atoms with E-state index >= 15 is 0 Å². The Bertz CT molecular complexity index is 901. The Kier molecular flexibility index (Phi) is 2.87. The van der Waals surface area contributed by atoms with Crippen molar-refractivity contribution in [3.05, 3.63) is 42.1 Å². The van der Waals surface area contributed by atoms with Gasteiger partial charge >= 0.3 is 0 Å². The zero-order chi connectivity index (χ0) is 13.7. The molecule has 4 nitrogen and oxygen atoms in total. The third-order valence-electron chi connectivity index (χ3n) is 3.64. The van der Waals surface area contributed by atoms with E-state index in [4.69, 9.17) is 12.2 Å². The molecule has 0 saturated carbocycles. The fourth-order valence-electron chi connectivity index (χ4n) is 2.73. The lowest BCUT2D eigenvalue weighted by Gasteiger charge is -2.05. The minimum absolute atomic E-state index is 0.0385. The van der Waals surface area contributed by atoms with Gasteiger partial charge in [0, 0.05) is 16.0 Å². The van der Waals surface area contributed by atoms with E-state index in [0.717, 1.165) is 34.4 Å². The molecule has 0 aromatic carbocycles. The van der Waals surface area contributed by atoms with E-state index in [1.54, 1.807) is 27.6 Å². The largest absolute Gasteiger partial charge is 0.323 e. The standard InChI is InChI=1S/C13H11N3OS3/c17-12-10-8-2-1-3-9(8)20-11(10)15-13(18)16(12)5-7-4-14-6-19-7/h4,6H,1-3,5H2,(H,15,18). The molecule has 7 heteroatoms. The number of hydrogen-bond acceptors (Lipinski definition) is 5. The van der Waals surface area contributed by atoms with Gasteiger partial charge in [-0.05, 0) is 37.0 Å². The van der Waals surface area contributed by atoms with E-state index in [1.807, 2.05) is 0 Å². The van der Waals surface area contributed by atoms with Gasteiger partial charge in [-0.2, -0.15) is 0 Å². The summed E-state index contributed by atoms with van der Waals surface area (Å²) in [6.07, 6.45) is 5.04. The fraction of sp³-hybridized carbons (Fsp3) is 0.308. The molecule has 0 bridgehead atoms. The van der Waals surface area contributed by atoms with Crippen LogP contribution in [-0.4, -0.2) is 14.5 Å². The first kappa shape index (κ1) is 12.4. The van der Waals surface area contributed by atoms with Gasteiger partial charge in [-0.15, -0.1) is 22.7 Å². The normalized spacial score (nSPS) is 14.0. The summed E-state index contributed by atoms with van der Waals surface area (Å²) in [5.74, 6) is 0. The van der Waals surface area contributed by atoms with Crippen LogP contribution in [0.2, 0.25) is 0 Å². The van der Waals surface area contributed by atoms with Crippen LogP contribution in [0.1, 0.15) is 21.7 Å². The van der Waals surface area contributed by atoms with E-state index in [0.29, 0.717) is 11.3 Å². The minimum atomic E-state index is 0.0385. The van der Waals surface area contributed by atoms with Gasteiger partial charge in [-0.25, -0.2) is 0 Å². The van der Waals surface area contributed by atoms with Gasteiger partial charge in [0.2, 0.25) is 0 Å². The number of H-pyrrole nitrogens is 1. The van der Waals surface area contributed by atoms with E-state index in [1.165, 1.54) is 21.8 Å². The van der Waals surface area contributed by atoms with Crippen molar-refractivity contribution in [3.8, 4) is 0 Å². The zero-order valence-corrected chi connectivity index (χ0v) is 13.0. The van der Waals surface area contributed by atoms with Crippen molar-refractivity contribution in [3.63, 3.8) is 0 Å².